The Morgan fingerprint density at radius 1 is 1.22 bits per heavy atom. The molecular weight excluding hydrogens is 288 g/mol. The second kappa shape index (κ2) is 5.06. The molecule has 1 unspecified atom stereocenters. The number of piperidine rings is 3. The van der Waals surface area contributed by atoms with Gasteiger partial charge in [-0.3, -0.25) is 9.89 Å². The van der Waals surface area contributed by atoms with Gasteiger partial charge in [0.05, 0.1) is 16.8 Å². The van der Waals surface area contributed by atoms with Gasteiger partial charge in [0, 0.05) is 31.4 Å². The fourth-order valence-corrected chi connectivity index (χ4v) is 4.76. The molecule has 2 aromatic rings. The Bertz CT molecular complexity index is 759. The van der Waals surface area contributed by atoms with Crippen LogP contribution in [0.2, 0.25) is 0 Å². The first-order valence-electron chi connectivity index (χ1n) is 8.77. The van der Waals surface area contributed by atoms with E-state index in [1.165, 1.54) is 32.5 Å². The van der Waals surface area contributed by atoms with Crippen LogP contribution < -0.4 is 0 Å². The van der Waals surface area contributed by atoms with Crippen molar-refractivity contribution in [1.29, 1.82) is 0 Å². The van der Waals surface area contributed by atoms with Crippen LogP contribution in [-0.2, 0) is 6.42 Å². The van der Waals surface area contributed by atoms with Gasteiger partial charge < -0.3 is 9.80 Å². The van der Waals surface area contributed by atoms with Crippen molar-refractivity contribution in [3.05, 3.63) is 29.5 Å². The number of nitrogens with zero attached hydrogens (tertiary/aromatic N) is 3. The molecule has 2 bridgehead atoms. The lowest BCUT2D eigenvalue weighted by atomic mass is 9.79. The SMILES string of the molecule is O=C1c2cccc3[nH]nc(c23)CCN1CC1CN2CCC1CC2. The standard InChI is InChI=1S/C18H22N4O/c23-18-14-2-1-3-15-17(14)16(20-19-15)6-9-22(18)11-13-10-21-7-4-12(13)5-8-21/h1-3,12-13H,4-11H2,(H,19,20). The van der Waals surface area contributed by atoms with Crippen LogP contribution in [-0.4, -0.2) is 58.6 Å². The van der Waals surface area contributed by atoms with Crippen LogP contribution in [0.4, 0.5) is 0 Å². The zero-order chi connectivity index (χ0) is 15.4. The van der Waals surface area contributed by atoms with Crippen LogP contribution in [0.3, 0.4) is 0 Å². The molecule has 0 radical (unpaired) electrons. The zero-order valence-corrected chi connectivity index (χ0v) is 13.3. The second-order valence-electron chi connectivity index (χ2n) is 7.30. The first-order valence-corrected chi connectivity index (χ1v) is 8.77. The molecule has 0 spiro atoms. The molecule has 5 heteroatoms. The summed E-state index contributed by atoms with van der Waals surface area (Å²) in [6, 6.07) is 5.92. The largest absolute Gasteiger partial charge is 0.338 e. The maximum atomic E-state index is 13.1. The summed E-state index contributed by atoms with van der Waals surface area (Å²) in [5, 5.41) is 8.52. The summed E-state index contributed by atoms with van der Waals surface area (Å²) in [7, 11) is 0. The number of hydrogen-bond acceptors (Lipinski definition) is 3. The number of benzene rings is 1. The highest BCUT2D eigenvalue weighted by molar-refractivity contribution is 6.07. The number of H-pyrrole nitrogens is 1. The van der Waals surface area contributed by atoms with Crippen LogP contribution in [0.1, 0.15) is 28.9 Å². The molecule has 120 valence electrons. The molecule has 6 rings (SSSR count). The summed E-state index contributed by atoms with van der Waals surface area (Å²) in [4.78, 5) is 17.7. The Labute approximate surface area is 135 Å². The summed E-state index contributed by atoms with van der Waals surface area (Å²) >= 11 is 0. The van der Waals surface area contributed by atoms with Gasteiger partial charge in [-0.2, -0.15) is 5.10 Å². The molecule has 1 aromatic heterocycles. The Morgan fingerprint density at radius 3 is 2.87 bits per heavy atom. The van der Waals surface area contributed by atoms with Gasteiger partial charge in [0.1, 0.15) is 0 Å². The van der Waals surface area contributed by atoms with E-state index in [-0.39, 0.29) is 5.91 Å². The van der Waals surface area contributed by atoms with Crippen molar-refractivity contribution in [2.75, 3.05) is 32.7 Å². The van der Waals surface area contributed by atoms with Crippen LogP contribution >= 0.6 is 0 Å². The quantitative estimate of drug-likeness (QED) is 0.922. The number of carbonyl (C=O) groups is 1. The first-order chi connectivity index (χ1) is 11.3. The van der Waals surface area contributed by atoms with E-state index in [1.54, 1.807) is 0 Å². The Hall–Kier alpha value is -1.88. The Morgan fingerprint density at radius 2 is 2.09 bits per heavy atom. The third kappa shape index (κ3) is 2.10. The average molecular weight is 310 g/mol. The van der Waals surface area contributed by atoms with Crippen molar-refractivity contribution in [2.24, 2.45) is 11.8 Å². The molecule has 5 heterocycles. The fraction of sp³-hybridized carbons (Fsp3) is 0.556. The maximum Gasteiger partial charge on any atom is 0.254 e. The molecule has 5 nitrogen and oxygen atoms in total. The van der Waals surface area contributed by atoms with Gasteiger partial charge in [-0.1, -0.05) is 6.07 Å². The minimum absolute atomic E-state index is 0.187. The van der Waals surface area contributed by atoms with Gasteiger partial charge >= 0.3 is 0 Å². The smallest absolute Gasteiger partial charge is 0.254 e. The van der Waals surface area contributed by atoms with E-state index >= 15 is 0 Å². The second-order valence-corrected chi connectivity index (χ2v) is 7.30. The van der Waals surface area contributed by atoms with Crippen LogP contribution in [0.15, 0.2) is 18.2 Å². The number of carbonyl (C=O) groups excluding carboxylic acids is 1. The summed E-state index contributed by atoms with van der Waals surface area (Å²) in [6.07, 6.45) is 3.47. The highest BCUT2D eigenvalue weighted by Crippen LogP contribution is 2.34. The molecule has 3 saturated heterocycles. The van der Waals surface area contributed by atoms with E-state index in [2.05, 4.69) is 20.0 Å². The van der Waals surface area contributed by atoms with Crippen molar-refractivity contribution in [1.82, 2.24) is 20.0 Å². The molecular formula is C18H22N4O. The van der Waals surface area contributed by atoms with Gasteiger partial charge in [-0.25, -0.2) is 0 Å². The molecule has 23 heavy (non-hydrogen) atoms. The summed E-state index contributed by atoms with van der Waals surface area (Å²) in [6.45, 7) is 5.37. The molecule has 4 aliphatic rings. The van der Waals surface area contributed by atoms with Crippen LogP contribution in [0.5, 0.6) is 0 Å². The van der Waals surface area contributed by atoms with Crippen molar-refractivity contribution in [3.8, 4) is 0 Å². The van der Waals surface area contributed by atoms with Gasteiger partial charge in [-0.05, 0) is 49.9 Å². The highest BCUT2D eigenvalue weighted by atomic mass is 16.2. The predicted molar refractivity (Wildman–Crippen MR) is 88.4 cm³/mol. The minimum Gasteiger partial charge on any atom is -0.338 e. The average Bonchev–Trinajstić information content (AvgIpc) is 2.96. The number of hydrogen-bond donors (Lipinski definition) is 1. The first kappa shape index (κ1) is 13.5. The predicted octanol–water partition coefficient (Wildman–Crippen LogP) is 1.90. The van der Waals surface area contributed by atoms with Crippen molar-refractivity contribution in [3.63, 3.8) is 0 Å². The molecule has 1 N–H and O–H groups in total. The molecule has 4 aliphatic heterocycles. The molecule has 0 aliphatic carbocycles. The van der Waals surface area contributed by atoms with E-state index in [9.17, 15) is 4.79 Å². The third-order valence-corrected chi connectivity index (χ3v) is 6.05. The number of aromatic nitrogens is 2. The van der Waals surface area contributed by atoms with E-state index in [0.717, 1.165) is 47.6 Å². The lowest BCUT2D eigenvalue weighted by molar-refractivity contribution is 0.0280. The summed E-state index contributed by atoms with van der Waals surface area (Å²) in [5.41, 5.74) is 2.85. The summed E-state index contributed by atoms with van der Waals surface area (Å²) in [5.74, 6) is 1.64. The minimum atomic E-state index is 0.187. The van der Waals surface area contributed by atoms with E-state index in [0.29, 0.717) is 5.92 Å². The number of nitrogens with one attached hydrogen (secondary N) is 1. The maximum absolute atomic E-state index is 13.1. The Balaban J connectivity index is 1.44. The molecule has 3 fully saturated rings. The number of aromatic amines is 1. The highest BCUT2D eigenvalue weighted by Gasteiger charge is 2.36. The number of fused-ring (bicyclic) bond motifs is 3. The van der Waals surface area contributed by atoms with Gasteiger partial charge in [0.2, 0.25) is 0 Å². The fourth-order valence-electron chi connectivity index (χ4n) is 4.76. The van der Waals surface area contributed by atoms with Gasteiger partial charge in [0.15, 0.2) is 0 Å². The molecule has 1 amide bonds. The van der Waals surface area contributed by atoms with Crippen molar-refractivity contribution in [2.45, 2.75) is 19.3 Å². The van der Waals surface area contributed by atoms with Crippen molar-refractivity contribution < 1.29 is 4.79 Å². The van der Waals surface area contributed by atoms with E-state index < -0.39 is 0 Å². The molecule has 1 aromatic carbocycles. The van der Waals surface area contributed by atoms with Gasteiger partial charge in [-0.15, -0.1) is 0 Å². The monoisotopic (exact) mass is 310 g/mol. The Kier molecular flexibility index (Phi) is 2.98. The van der Waals surface area contributed by atoms with Crippen molar-refractivity contribution >= 4 is 16.8 Å². The summed E-state index contributed by atoms with van der Waals surface area (Å²) < 4.78 is 0. The van der Waals surface area contributed by atoms with Crippen LogP contribution in [0, 0.1) is 11.8 Å². The lowest BCUT2D eigenvalue weighted by Gasteiger charge is -2.46. The number of rotatable bonds is 2. The zero-order valence-electron chi connectivity index (χ0n) is 13.3. The molecule has 0 saturated carbocycles. The topological polar surface area (TPSA) is 52.2 Å². The van der Waals surface area contributed by atoms with E-state index in [1.807, 2.05) is 18.2 Å². The lowest BCUT2D eigenvalue weighted by Crippen LogP contribution is -2.51. The number of amides is 1. The molecule has 1 atom stereocenters. The van der Waals surface area contributed by atoms with Crippen LogP contribution in [0.25, 0.3) is 10.9 Å². The normalized spacial score (nSPS) is 30.0. The van der Waals surface area contributed by atoms with Gasteiger partial charge in [0.25, 0.3) is 5.91 Å². The third-order valence-electron chi connectivity index (χ3n) is 6.05. The van der Waals surface area contributed by atoms with E-state index in [4.69, 9.17) is 0 Å².